The van der Waals surface area contributed by atoms with E-state index in [0.717, 1.165) is 18.7 Å². The number of hydrogen-bond donors (Lipinski definition) is 1. The fourth-order valence-corrected chi connectivity index (χ4v) is 2.42. The molecule has 2 nitrogen and oxygen atoms in total. The predicted molar refractivity (Wildman–Crippen MR) is 65.4 cm³/mol. The van der Waals surface area contributed by atoms with Gasteiger partial charge < -0.3 is 4.98 Å². The van der Waals surface area contributed by atoms with Gasteiger partial charge in [-0.3, -0.25) is 0 Å². The van der Waals surface area contributed by atoms with E-state index in [-0.39, 0.29) is 0 Å². The van der Waals surface area contributed by atoms with E-state index in [1.54, 1.807) is 0 Å². The Morgan fingerprint density at radius 3 is 2.75 bits per heavy atom. The molecular weight excluding hydrogens is 196 g/mol. The maximum absolute atomic E-state index is 4.73. The van der Waals surface area contributed by atoms with Crippen LogP contribution in [0.4, 0.5) is 0 Å². The summed E-state index contributed by atoms with van der Waals surface area (Å²) in [6.45, 7) is 2.14. The van der Waals surface area contributed by atoms with Gasteiger partial charge in [-0.1, -0.05) is 24.3 Å². The normalized spacial score (nSPS) is 14.8. The summed E-state index contributed by atoms with van der Waals surface area (Å²) in [6, 6.07) is 8.42. The maximum Gasteiger partial charge on any atom is 0.138 e. The topological polar surface area (TPSA) is 28.7 Å². The molecule has 1 aliphatic rings. The Balaban J connectivity index is 2.07. The van der Waals surface area contributed by atoms with Crippen molar-refractivity contribution < 1.29 is 0 Å². The van der Waals surface area contributed by atoms with Crippen molar-refractivity contribution in [1.82, 2.24) is 9.97 Å². The van der Waals surface area contributed by atoms with Crippen molar-refractivity contribution in [2.24, 2.45) is 0 Å². The van der Waals surface area contributed by atoms with Gasteiger partial charge in [-0.05, 0) is 38.2 Å². The third-order valence-corrected chi connectivity index (χ3v) is 3.35. The molecule has 0 saturated heterocycles. The number of aryl methyl sites for hydroxylation is 3. The molecule has 0 saturated carbocycles. The van der Waals surface area contributed by atoms with Gasteiger partial charge in [-0.25, -0.2) is 4.98 Å². The van der Waals surface area contributed by atoms with Crippen molar-refractivity contribution in [3.05, 3.63) is 41.2 Å². The molecule has 0 spiro atoms. The molecule has 0 aliphatic heterocycles. The molecule has 2 heteroatoms. The lowest BCUT2D eigenvalue weighted by molar-refractivity contribution is 0.667. The Hall–Kier alpha value is -1.57. The molecule has 82 valence electrons. The third kappa shape index (κ3) is 1.54. The first-order valence-corrected chi connectivity index (χ1v) is 5.98. The molecule has 1 aliphatic carbocycles. The third-order valence-electron chi connectivity index (χ3n) is 3.35. The summed E-state index contributed by atoms with van der Waals surface area (Å²) >= 11 is 0. The fraction of sp³-hybridized carbons (Fsp3) is 0.357. The number of nitrogens with one attached hydrogen (secondary N) is 1. The molecule has 3 rings (SSSR count). The Bertz CT molecular complexity index is 488. The lowest BCUT2D eigenvalue weighted by Crippen LogP contribution is -2.00. The first kappa shape index (κ1) is 9.64. The minimum absolute atomic E-state index is 1.05. The Morgan fingerprint density at radius 2 is 1.94 bits per heavy atom. The van der Waals surface area contributed by atoms with Crippen LogP contribution in [0.2, 0.25) is 0 Å². The van der Waals surface area contributed by atoms with E-state index in [4.69, 9.17) is 4.98 Å². The molecule has 0 unspecified atom stereocenters. The van der Waals surface area contributed by atoms with Crippen LogP contribution in [0, 0.1) is 6.92 Å². The van der Waals surface area contributed by atoms with Gasteiger partial charge in [0.2, 0.25) is 0 Å². The highest BCUT2D eigenvalue weighted by molar-refractivity contribution is 5.60. The van der Waals surface area contributed by atoms with E-state index in [0.29, 0.717) is 0 Å². The van der Waals surface area contributed by atoms with Gasteiger partial charge in [0.05, 0.1) is 5.69 Å². The number of benzene rings is 1. The first-order valence-electron chi connectivity index (χ1n) is 5.98. The number of hydrogen-bond acceptors (Lipinski definition) is 1. The van der Waals surface area contributed by atoms with Gasteiger partial charge in [0, 0.05) is 11.3 Å². The fourth-order valence-electron chi connectivity index (χ4n) is 2.42. The van der Waals surface area contributed by atoms with Crippen LogP contribution >= 0.6 is 0 Å². The largest absolute Gasteiger partial charge is 0.342 e. The number of imidazole rings is 1. The summed E-state index contributed by atoms with van der Waals surface area (Å²) < 4.78 is 0. The van der Waals surface area contributed by atoms with Crippen LogP contribution in [0.15, 0.2) is 24.3 Å². The van der Waals surface area contributed by atoms with Gasteiger partial charge in [0.25, 0.3) is 0 Å². The summed E-state index contributed by atoms with van der Waals surface area (Å²) in [5.74, 6) is 1.05. The second kappa shape index (κ2) is 3.78. The van der Waals surface area contributed by atoms with Gasteiger partial charge in [-0.2, -0.15) is 0 Å². The quantitative estimate of drug-likeness (QED) is 0.772. The number of aromatic nitrogens is 2. The molecule has 0 amide bonds. The molecule has 0 atom stereocenters. The summed E-state index contributed by atoms with van der Waals surface area (Å²) in [6.07, 6.45) is 4.87. The number of fused-ring (bicyclic) bond motifs is 1. The Kier molecular flexibility index (Phi) is 2.28. The standard InChI is InChI=1S/C14H16N2/c1-10-6-2-3-7-11(10)14-15-12-8-4-5-9-13(12)16-14/h2-3,6-7H,4-5,8-9H2,1H3,(H,15,16). The second-order valence-electron chi connectivity index (χ2n) is 4.53. The predicted octanol–water partition coefficient (Wildman–Crippen LogP) is 3.26. The van der Waals surface area contributed by atoms with Gasteiger partial charge in [0.1, 0.15) is 5.82 Å². The molecule has 0 bridgehead atoms. The highest BCUT2D eigenvalue weighted by Crippen LogP contribution is 2.25. The van der Waals surface area contributed by atoms with Crippen LogP contribution < -0.4 is 0 Å². The van der Waals surface area contributed by atoms with Crippen molar-refractivity contribution in [2.45, 2.75) is 32.6 Å². The average Bonchev–Trinajstić information content (AvgIpc) is 2.73. The van der Waals surface area contributed by atoms with Crippen molar-refractivity contribution in [3.63, 3.8) is 0 Å². The molecule has 1 N–H and O–H groups in total. The van der Waals surface area contributed by atoms with Crippen LogP contribution in [0.1, 0.15) is 29.8 Å². The SMILES string of the molecule is Cc1ccccc1-c1nc2c([nH]1)CCCC2. The molecule has 0 fully saturated rings. The van der Waals surface area contributed by atoms with E-state index < -0.39 is 0 Å². The van der Waals surface area contributed by atoms with Gasteiger partial charge in [-0.15, -0.1) is 0 Å². The smallest absolute Gasteiger partial charge is 0.138 e. The highest BCUT2D eigenvalue weighted by Gasteiger charge is 2.15. The van der Waals surface area contributed by atoms with Crippen LogP contribution in [0.25, 0.3) is 11.4 Å². The van der Waals surface area contributed by atoms with E-state index in [2.05, 4.69) is 36.2 Å². The van der Waals surface area contributed by atoms with E-state index in [9.17, 15) is 0 Å². The zero-order valence-electron chi connectivity index (χ0n) is 9.59. The minimum Gasteiger partial charge on any atom is -0.342 e. The van der Waals surface area contributed by atoms with Crippen LogP contribution in [0.3, 0.4) is 0 Å². The molecule has 1 aromatic heterocycles. The van der Waals surface area contributed by atoms with Crippen molar-refractivity contribution >= 4 is 0 Å². The number of H-pyrrole nitrogens is 1. The van der Waals surface area contributed by atoms with Crippen molar-refractivity contribution in [3.8, 4) is 11.4 Å². The van der Waals surface area contributed by atoms with Crippen LogP contribution in [-0.4, -0.2) is 9.97 Å². The molecule has 1 heterocycles. The van der Waals surface area contributed by atoms with Gasteiger partial charge >= 0.3 is 0 Å². The van der Waals surface area contributed by atoms with E-state index in [1.165, 1.54) is 35.4 Å². The maximum atomic E-state index is 4.73. The average molecular weight is 212 g/mol. The number of aromatic amines is 1. The van der Waals surface area contributed by atoms with E-state index >= 15 is 0 Å². The molecular formula is C14H16N2. The van der Waals surface area contributed by atoms with Crippen LogP contribution in [0.5, 0.6) is 0 Å². The monoisotopic (exact) mass is 212 g/mol. The second-order valence-corrected chi connectivity index (χ2v) is 4.53. The molecule has 2 aromatic rings. The summed E-state index contributed by atoms with van der Waals surface area (Å²) in [5.41, 5.74) is 5.15. The molecule has 1 aromatic carbocycles. The lowest BCUT2D eigenvalue weighted by Gasteiger charge is -2.07. The van der Waals surface area contributed by atoms with E-state index in [1.807, 2.05) is 0 Å². The Labute approximate surface area is 95.7 Å². The summed E-state index contributed by atoms with van der Waals surface area (Å²) in [4.78, 5) is 8.21. The molecule has 16 heavy (non-hydrogen) atoms. The lowest BCUT2D eigenvalue weighted by atomic mass is 10.0. The van der Waals surface area contributed by atoms with Crippen molar-refractivity contribution in [2.75, 3.05) is 0 Å². The summed E-state index contributed by atoms with van der Waals surface area (Å²) in [5, 5.41) is 0. The zero-order chi connectivity index (χ0) is 11.0. The Morgan fingerprint density at radius 1 is 1.12 bits per heavy atom. The zero-order valence-corrected chi connectivity index (χ0v) is 9.59. The number of rotatable bonds is 1. The minimum atomic E-state index is 1.05. The van der Waals surface area contributed by atoms with Crippen LogP contribution in [-0.2, 0) is 12.8 Å². The summed E-state index contributed by atoms with van der Waals surface area (Å²) in [7, 11) is 0. The van der Waals surface area contributed by atoms with Crippen molar-refractivity contribution in [1.29, 1.82) is 0 Å². The number of nitrogens with zero attached hydrogens (tertiary/aromatic N) is 1. The van der Waals surface area contributed by atoms with Gasteiger partial charge in [0.15, 0.2) is 0 Å². The molecule has 0 radical (unpaired) electrons. The first-order chi connectivity index (χ1) is 7.84. The highest BCUT2D eigenvalue weighted by atomic mass is 14.9.